The van der Waals surface area contributed by atoms with E-state index in [1.165, 1.54) is 0 Å². The van der Waals surface area contributed by atoms with Gasteiger partial charge in [-0.3, -0.25) is 15.0 Å². The van der Waals surface area contributed by atoms with Crippen LogP contribution in [0.1, 0.15) is 18.4 Å². The topological polar surface area (TPSA) is 125 Å². The smallest absolute Gasteiger partial charge is 0.426 e. The van der Waals surface area contributed by atoms with Crippen molar-refractivity contribution >= 4 is 23.9 Å². The number of hydrogen-bond donors (Lipinski definition) is 3. The summed E-state index contributed by atoms with van der Waals surface area (Å²) in [5.41, 5.74) is 4.99. The van der Waals surface area contributed by atoms with Crippen LogP contribution in [0, 0.1) is 0 Å². The van der Waals surface area contributed by atoms with Gasteiger partial charge in [-0.15, -0.1) is 0 Å². The molecule has 1 heterocycles. The number of hydrazine groups is 1. The summed E-state index contributed by atoms with van der Waals surface area (Å²) < 4.78 is 4.91. The molecule has 24 heavy (non-hydrogen) atoms. The highest BCUT2D eigenvalue weighted by Crippen LogP contribution is 2.17. The Morgan fingerprint density at radius 1 is 1.17 bits per heavy atom. The monoisotopic (exact) mass is 335 g/mol. The Kier molecular flexibility index (Phi) is 5.72. The van der Waals surface area contributed by atoms with Crippen molar-refractivity contribution in [2.24, 2.45) is 0 Å². The fourth-order valence-electron chi connectivity index (χ4n) is 2.36. The lowest BCUT2D eigenvalue weighted by atomic mass is 10.2. The summed E-state index contributed by atoms with van der Waals surface area (Å²) in [5.74, 6) is -3.43. The molecule has 0 aliphatic carbocycles. The Hall–Kier alpha value is -3.10. The second kappa shape index (κ2) is 7.95. The summed E-state index contributed by atoms with van der Waals surface area (Å²) in [5, 5.41) is 8.73. The molecule has 1 fully saturated rings. The molecule has 1 aliphatic rings. The highest BCUT2D eigenvalue weighted by molar-refractivity contribution is 6.32. The third-order valence-corrected chi connectivity index (χ3v) is 3.50. The molecule has 2 rings (SSSR count). The van der Waals surface area contributed by atoms with Crippen molar-refractivity contribution in [2.45, 2.75) is 25.5 Å². The molecule has 128 valence electrons. The van der Waals surface area contributed by atoms with Crippen molar-refractivity contribution in [3.8, 4) is 0 Å². The first-order valence-corrected chi connectivity index (χ1v) is 7.29. The quantitative estimate of drug-likeness (QED) is 0.528. The third kappa shape index (κ3) is 4.45. The maximum Gasteiger partial charge on any atom is 0.426 e. The SMILES string of the molecule is O=C(NNC(=O)[C@@H]1CCCN1C(=O)C(=O)O)OCc1ccccc1. The molecule has 0 unspecified atom stereocenters. The third-order valence-electron chi connectivity index (χ3n) is 3.50. The van der Waals surface area contributed by atoms with E-state index in [1.54, 1.807) is 24.3 Å². The summed E-state index contributed by atoms with van der Waals surface area (Å²) in [6.45, 7) is 0.220. The van der Waals surface area contributed by atoms with Crippen molar-refractivity contribution in [1.82, 2.24) is 15.8 Å². The van der Waals surface area contributed by atoms with E-state index in [0.717, 1.165) is 10.5 Å². The van der Waals surface area contributed by atoms with E-state index in [9.17, 15) is 19.2 Å². The van der Waals surface area contributed by atoms with Crippen LogP contribution in [0.3, 0.4) is 0 Å². The van der Waals surface area contributed by atoms with Crippen LogP contribution in [0.5, 0.6) is 0 Å². The molecule has 9 nitrogen and oxygen atoms in total. The maximum absolute atomic E-state index is 12.0. The molecule has 1 saturated heterocycles. The van der Waals surface area contributed by atoms with Gasteiger partial charge in [0.15, 0.2) is 0 Å². The normalized spacial score (nSPS) is 16.3. The van der Waals surface area contributed by atoms with Gasteiger partial charge in [-0.1, -0.05) is 30.3 Å². The Morgan fingerprint density at radius 3 is 2.54 bits per heavy atom. The number of carboxylic acids is 1. The molecule has 1 aromatic carbocycles. The van der Waals surface area contributed by atoms with Crippen molar-refractivity contribution in [3.05, 3.63) is 35.9 Å². The van der Waals surface area contributed by atoms with Gasteiger partial charge in [-0.2, -0.15) is 0 Å². The van der Waals surface area contributed by atoms with Crippen LogP contribution in [-0.2, 0) is 25.7 Å². The zero-order chi connectivity index (χ0) is 17.5. The highest BCUT2D eigenvalue weighted by Gasteiger charge is 2.36. The van der Waals surface area contributed by atoms with Gasteiger partial charge in [0.05, 0.1) is 0 Å². The minimum atomic E-state index is -1.62. The number of carbonyl (C=O) groups excluding carboxylic acids is 3. The van der Waals surface area contributed by atoms with Gasteiger partial charge in [0.1, 0.15) is 12.6 Å². The van der Waals surface area contributed by atoms with E-state index in [1.807, 2.05) is 6.07 Å². The van der Waals surface area contributed by atoms with Crippen LogP contribution in [0.2, 0.25) is 0 Å². The Balaban J connectivity index is 1.78. The number of carboxylic acid groups (broad SMARTS) is 1. The second-order valence-corrected chi connectivity index (χ2v) is 5.14. The summed E-state index contributed by atoms with van der Waals surface area (Å²) in [6, 6.07) is 8.05. The minimum absolute atomic E-state index is 0.0373. The summed E-state index contributed by atoms with van der Waals surface area (Å²) >= 11 is 0. The molecule has 0 spiro atoms. The van der Waals surface area contributed by atoms with E-state index < -0.39 is 29.9 Å². The Labute approximate surface area is 137 Å². The number of ether oxygens (including phenoxy) is 1. The van der Waals surface area contributed by atoms with Gasteiger partial charge in [0.2, 0.25) is 0 Å². The summed E-state index contributed by atoms with van der Waals surface area (Å²) in [4.78, 5) is 46.7. The van der Waals surface area contributed by atoms with E-state index in [-0.39, 0.29) is 13.2 Å². The van der Waals surface area contributed by atoms with Gasteiger partial charge < -0.3 is 14.7 Å². The van der Waals surface area contributed by atoms with Crippen LogP contribution in [0.15, 0.2) is 30.3 Å². The summed E-state index contributed by atoms with van der Waals surface area (Å²) in [6.07, 6.45) is -0.0254. The standard InChI is InChI=1S/C15H17N3O6/c19-12(11-7-4-8-18(11)13(20)14(21)22)16-17-15(23)24-9-10-5-2-1-3-6-10/h1-3,5-6,11H,4,7-9H2,(H,16,19)(H,17,23)(H,21,22)/t11-/m0/s1. The molecule has 0 saturated carbocycles. The number of aliphatic carboxylic acids is 1. The Bertz CT molecular complexity index is 633. The molecule has 1 atom stereocenters. The molecule has 0 aromatic heterocycles. The lowest BCUT2D eigenvalue weighted by Gasteiger charge is -2.21. The molecule has 1 aliphatic heterocycles. The number of benzene rings is 1. The van der Waals surface area contributed by atoms with Crippen LogP contribution in [0.25, 0.3) is 0 Å². The number of rotatable bonds is 3. The molecule has 0 bridgehead atoms. The lowest BCUT2D eigenvalue weighted by molar-refractivity contribution is -0.157. The molecule has 3 N–H and O–H groups in total. The van der Waals surface area contributed by atoms with Crippen molar-refractivity contribution < 1.29 is 29.0 Å². The fraction of sp³-hybridized carbons (Fsp3) is 0.333. The molecule has 1 aromatic rings. The van der Waals surface area contributed by atoms with Crippen LogP contribution < -0.4 is 10.9 Å². The number of nitrogens with zero attached hydrogens (tertiary/aromatic N) is 1. The number of nitrogens with one attached hydrogen (secondary N) is 2. The molecule has 0 radical (unpaired) electrons. The van der Waals surface area contributed by atoms with Gasteiger partial charge in [0, 0.05) is 6.54 Å². The average Bonchev–Trinajstić information content (AvgIpc) is 3.07. The van der Waals surface area contributed by atoms with Gasteiger partial charge >= 0.3 is 18.0 Å². The molecule has 9 heteroatoms. The number of likely N-dealkylation sites (tertiary alicyclic amines) is 1. The molecular formula is C15H17N3O6. The van der Waals surface area contributed by atoms with Crippen molar-refractivity contribution in [2.75, 3.05) is 6.54 Å². The van der Waals surface area contributed by atoms with Crippen molar-refractivity contribution in [1.29, 1.82) is 0 Å². The summed E-state index contributed by atoms with van der Waals surface area (Å²) in [7, 11) is 0. The van der Waals surface area contributed by atoms with Crippen LogP contribution >= 0.6 is 0 Å². The minimum Gasteiger partial charge on any atom is -0.474 e. The largest absolute Gasteiger partial charge is 0.474 e. The number of carbonyl (C=O) groups is 4. The van der Waals surface area contributed by atoms with Crippen LogP contribution in [-0.4, -0.2) is 46.5 Å². The predicted octanol–water partition coefficient (Wildman–Crippen LogP) is 0.0196. The zero-order valence-corrected chi connectivity index (χ0v) is 12.7. The lowest BCUT2D eigenvalue weighted by Crippen LogP contribution is -2.52. The maximum atomic E-state index is 12.0. The predicted molar refractivity (Wildman–Crippen MR) is 80.3 cm³/mol. The van der Waals surface area contributed by atoms with Gasteiger partial charge in [-0.25, -0.2) is 15.0 Å². The van der Waals surface area contributed by atoms with Gasteiger partial charge in [0.25, 0.3) is 5.91 Å². The van der Waals surface area contributed by atoms with Gasteiger partial charge in [-0.05, 0) is 18.4 Å². The van der Waals surface area contributed by atoms with Crippen LogP contribution in [0.4, 0.5) is 4.79 Å². The first-order chi connectivity index (χ1) is 11.5. The van der Waals surface area contributed by atoms with E-state index >= 15 is 0 Å². The van der Waals surface area contributed by atoms with Crippen molar-refractivity contribution in [3.63, 3.8) is 0 Å². The first kappa shape index (κ1) is 17.3. The van der Waals surface area contributed by atoms with E-state index in [0.29, 0.717) is 12.8 Å². The average molecular weight is 335 g/mol. The molecular weight excluding hydrogens is 318 g/mol. The zero-order valence-electron chi connectivity index (χ0n) is 12.7. The second-order valence-electron chi connectivity index (χ2n) is 5.14. The fourth-order valence-corrected chi connectivity index (χ4v) is 2.36. The highest BCUT2D eigenvalue weighted by atomic mass is 16.6. The van der Waals surface area contributed by atoms with E-state index in [2.05, 4.69) is 10.9 Å². The number of amides is 3. The first-order valence-electron chi connectivity index (χ1n) is 7.29. The Morgan fingerprint density at radius 2 is 1.88 bits per heavy atom. The molecule has 3 amide bonds. The van der Waals surface area contributed by atoms with E-state index in [4.69, 9.17) is 9.84 Å². The number of hydrogen-bond acceptors (Lipinski definition) is 5.